The fourth-order valence-electron chi connectivity index (χ4n) is 3.31. The highest BCUT2D eigenvalue weighted by Crippen LogP contribution is 2.31. The van der Waals surface area contributed by atoms with Crippen LogP contribution in [0.2, 0.25) is 0 Å². The lowest BCUT2D eigenvalue weighted by Gasteiger charge is -2.34. The Balaban J connectivity index is 2.19. The third kappa shape index (κ3) is 5.32. The van der Waals surface area contributed by atoms with Crippen LogP contribution in [0, 0.1) is 13.8 Å². The van der Waals surface area contributed by atoms with E-state index in [9.17, 15) is 9.59 Å². The number of benzene rings is 1. The molecule has 3 rings (SSSR count). The maximum Gasteiger partial charge on any atom is 0.280 e. The zero-order chi connectivity index (χ0) is 22.6. The van der Waals surface area contributed by atoms with Crippen molar-refractivity contribution in [2.45, 2.75) is 52.6 Å². The molecule has 1 unspecified atom stereocenters. The van der Waals surface area contributed by atoms with Gasteiger partial charge in [0.05, 0.1) is 0 Å². The molecule has 162 valence electrons. The lowest BCUT2D eigenvalue weighted by Crippen LogP contribution is -2.50. The van der Waals surface area contributed by atoms with Crippen LogP contribution < -0.4 is 10.2 Å². The molecule has 0 aliphatic heterocycles. The summed E-state index contributed by atoms with van der Waals surface area (Å²) in [7, 11) is 0. The number of carbonyl (C=O) groups excluding carboxylic acids is 2. The molecule has 0 aliphatic rings. The topological polar surface area (TPSA) is 88.1 Å². The third-order valence-electron chi connectivity index (χ3n) is 5.16. The number of aryl methyl sites for hydroxylation is 2. The van der Waals surface area contributed by atoms with Crippen molar-refractivity contribution in [2.24, 2.45) is 0 Å². The van der Waals surface area contributed by atoms with Crippen molar-refractivity contribution in [3.8, 4) is 0 Å². The van der Waals surface area contributed by atoms with E-state index < -0.39 is 11.6 Å². The normalized spacial score (nSPS) is 12.3. The molecular formula is C23H27N5O2S. The second kappa shape index (κ2) is 9.34. The summed E-state index contributed by atoms with van der Waals surface area (Å²) in [6.45, 7) is 9.86. The van der Waals surface area contributed by atoms with Crippen LogP contribution in [0.1, 0.15) is 60.4 Å². The van der Waals surface area contributed by atoms with Crippen LogP contribution in [0.3, 0.4) is 0 Å². The van der Waals surface area contributed by atoms with Crippen molar-refractivity contribution in [3.05, 3.63) is 70.5 Å². The quantitative estimate of drug-likeness (QED) is 0.597. The first kappa shape index (κ1) is 22.6. The molecule has 0 radical (unpaired) electrons. The maximum atomic E-state index is 13.6. The van der Waals surface area contributed by atoms with Gasteiger partial charge in [0.2, 0.25) is 5.91 Å². The van der Waals surface area contributed by atoms with Gasteiger partial charge in [-0.3, -0.25) is 19.5 Å². The predicted octanol–water partition coefficient (Wildman–Crippen LogP) is 4.24. The summed E-state index contributed by atoms with van der Waals surface area (Å²) in [6, 6.07) is 8.44. The number of amides is 2. The van der Waals surface area contributed by atoms with E-state index in [0.29, 0.717) is 11.3 Å². The number of nitrogens with one attached hydrogen (secondary N) is 1. The van der Waals surface area contributed by atoms with Gasteiger partial charge in [-0.25, -0.2) is 0 Å². The summed E-state index contributed by atoms with van der Waals surface area (Å²) in [5.41, 5.74) is 3.04. The van der Waals surface area contributed by atoms with Crippen molar-refractivity contribution in [1.29, 1.82) is 0 Å². The minimum atomic E-state index is -0.899. The molecule has 0 saturated carbocycles. The van der Waals surface area contributed by atoms with Gasteiger partial charge in [-0.2, -0.15) is 0 Å². The largest absolute Gasteiger partial charge is 0.349 e. The molecule has 2 amide bonds. The van der Waals surface area contributed by atoms with Gasteiger partial charge < -0.3 is 5.32 Å². The number of hydrogen-bond donors (Lipinski definition) is 1. The molecule has 2 heterocycles. The highest BCUT2D eigenvalue weighted by Gasteiger charge is 2.36. The van der Waals surface area contributed by atoms with E-state index in [4.69, 9.17) is 0 Å². The Morgan fingerprint density at radius 2 is 1.77 bits per heavy atom. The summed E-state index contributed by atoms with van der Waals surface area (Å²) in [6.07, 6.45) is 3.99. The number of pyridine rings is 1. The molecule has 3 aromatic rings. The molecule has 0 saturated heterocycles. The van der Waals surface area contributed by atoms with Gasteiger partial charge in [-0.05, 0) is 86.6 Å². The summed E-state index contributed by atoms with van der Waals surface area (Å²) in [5, 5.41) is 8.66. The number of nitrogens with zero attached hydrogens (tertiary/aromatic N) is 4. The van der Waals surface area contributed by atoms with E-state index in [0.717, 1.165) is 29.1 Å². The van der Waals surface area contributed by atoms with E-state index >= 15 is 0 Å². The molecule has 8 heteroatoms. The van der Waals surface area contributed by atoms with E-state index in [2.05, 4.69) is 19.9 Å². The predicted molar refractivity (Wildman–Crippen MR) is 122 cm³/mol. The Bertz CT molecular complexity index is 1030. The monoisotopic (exact) mass is 437 g/mol. The van der Waals surface area contributed by atoms with Gasteiger partial charge in [-0.15, -0.1) is 5.10 Å². The van der Waals surface area contributed by atoms with Gasteiger partial charge in [0.1, 0.15) is 6.04 Å². The second-order valence-corrected chi connectivity index (χ2v) is 8.83. The van der Waals surface area contributed by atoms with Gasteiger partial charge in [-0.1, -0.05) is 17.5 Å². The van der Waals surface area contributed by atoms with Crippen molar-refractivity contribution >= 4 is 29.0 Å². The second-order valence-electron chi connectivity index (χ2n) is 8.22. The molecule has 0 bridgehead atoms. The Hall–Kier alpha value is -3.13. The fourth-order valence-corrected chi connectivity index (χ4v) is 3.74. The average molecular weight is 438 g/mol. The fraction of sp³-hybridized carbons (Fsp3) is 0.348. The minimum absolute atomic E-state index is 0.200. The first-order valence-corrected chi connectivity index (χ1v) is 11.0. The average Bonchev–Trinajstić information content (AvgIpc) is 3.26. The Labute approximate surface area is 186 Å². The van der Waals surface area contributed by atoms with Gasteiger partial charge in [0.25, 0.3) is 5.91 Å². The summed E-state index contributed by atoms with van der Waals surface area (Å²) < 4.78 is 3.84. The molecule has 0 spiro atoms. The van der Waals surface area contributed by atoms with Crippen molar-refractivity contribution in [3.63, 3.8) is 0 Å². The zero-order valence-electron chi connectivity index (χ0n) is 18.4. The van der Waals surface area contributed by atoms with Crippen molar-refractivity contribution < 1.29 is 9.59 Å². The van der Waals surface area contributed by atoms with E-state index in [1.54, 1.807) is 29.9 Å². The van der Waals surface area contributed by atoms with E-state index in [1.165, 1.54) is 4.90 Å². The van der Waals surface area contributed by atoms with Gasteiger partial charge >= 0.3 is 0 Å². The van der Waals surface area contributed by atoms with Crippen molar-refractivity contribution in [1.82, 2.24) is 19.9 Å². The molecule has 0 fully saturated rings. The maximum absolute atomic E-state index is 13.6. The zero-order valence-corrected chi connectivity index (χ0v) is 19.2. The molecule has 7 nitrogen and oxygen atoms in total. The van der Waals surface area contributed by atoms with Crippen LogP contribution in [0.15, 0.2) is 48.1 Å². The highest BCUT2D eigenvalue weighted by molar-refractivity contribution is 7.03. The number of aromatic nitrogens is 3. The standard InChI is InChI=1S/C23H27N5O2S/c1-6-23(4,5)25-21(29)20(17-7-9-24-10-8-17)28(22(30)19-14-31-27-26-19)18-12-15(2)11-16(3)13-18/h7-14,20H,6H2,1-5H3,(H,25,29). The lowest BCUT2D eigenvalue weighted by atomic mass is 9.98. The van der Waals surface area contributed by atoms with Crippen molar-refractivity contribution in [2.75, 3.05) is 4.90 Å². The molecule has 0 aliphatic carbocycles. The van der Waals surface area contributed by atoms with Gasteiger partial charge in [0.15, 0.2) is 5.69 Å². The molecule has 1 atom stereocenters. The van der Waals surface area contributed by atoms with Crippen LogP contribution >= 0.6 is 11.5 Å². The Kier molecular flexibility index (Phi) is 6.80. The summed E-state index contributed by atoms with van der Waals surface area (Å²) in [5.74, 6) is -0.654. The SMILES string of the molecule is CCC(C)(C)NC(=O)C(c1ccncc1)N(C(=O)c1csnn1)c1cc(C)cc(C)c1. The molecule has 1 aromatic carbocycles. The molecule has 31 heavy (non-hydrogen) atoms. The first-order chi connectivity index (χ1) is 14.7. The molecular weight excluding hydrogens is 410 g/mol. The van der Waals surface area contributed by atoms with E-state index in [1.807, 2.05) is 52.8 Å². The Morgan fingerprint density at radius 3 is 2.32 bits per heavy atom. The van der Waals surface area contributed by atoms with Crippen LogP contribution in [-0.4, -0.2) is 31.9 Å². The van der Waals surface area contributed by atoms with Crippen LogP contribution in [0.5, 0.6) is 0 Å². The first-order valence-electron chi connectivity index (χ1n) is 10.1. The number of carbonyl (C=O) groups is 2. The smallest absolute Gasteiger partial charge is 0.280 e. The van der Waals surface area contributed by atoms with Crippen LogP contribution in [-0.2, 0) is 4.79 Å². The number of anilines is 1. The van der Waals surface area contributed by atoms with Crippen LogP contribution in [0.25, 0.3) is 0 Å². The third-order valence-corrected chi connectivity index (χ3v) is 5.66. The number of rotatable bonds is 7. The minimum Gasteiger partial charge on any atom is -0.349 e. The lowest BCUT2D eigenvalue weighted by molar-refractivity contribution is -0.124. The summed E-state index contributed by atoms with van der Waals surface area (Å²) in [4.78, 5) is 32.8. The van der Waals surface area contributed by atoms with E-state index in [-0.39, 0.29) is 17.5 Å². The summed E-state index contributed by atoms with van der Waals surface area (Å²) >= 11 is 1.10. The van der Waals surface area contributed by atoms with Gasteiger partial charge in [0, 0.05) is 29.0 Å². The molecule has 1 N–H and O–H groups in total. The Morgan fingerprint density at radius 1 is 1.13 bits per heavy atom. The number of hydrogen-bond acceptors (Lipinski definition) is 6. The van der Waals surface area contributed by atoms with Crippen LogP contribution in [0.4, 0.5) is 5.69 Å². The molecule has 2 aromatic heterocycles. The highest BCUT2D eigenvalue weighted by atomic mass is 32.1.